The van der Waals surface area contributed by atoms with Gasteiger partial charge < -0.3 is 20.1 Å². The Morgan fingerprint density at radius 1 is 1.09 bits per heavy atom. The number of carbonyl (C=O) groups excluding carboxylic acids is 1. The molecule has 0 spiro atoms. The summed E-state index contributed by atoms with van der Waals surface area (Å²) in [7, 11) is 1.56. The maximum absolute atomic E-state index is 12.6. The lowest BCUT2D eigenvalue weighted by molar-refractivity contribution is -0.384. The van der Waals surface area contributed by atoms with Crippen molar-refractivity contribution >= 4 is 23.0 Å². The molecule has 0 aliphatic carbocycles. The number of nitro benzene ring substituents is 1. The van der Waals surface area contributed by atoms with Crippen LogP contribution in [0.4, 0.5) is 17.1 Å². The van der Waals surface area contributed by atoms with Crippen LogP contribution < -0.4 is 20.1 Å². The summed E-state index contributed by atoms with van der Waals surface area (Å²) < 4.78 is 11.4. The van der Waals surface area contributed by atoms with E-state index in [2.05, 4.69) is 0 Å². The minimum Gasteiger partial charge on any atom is -0.493 e. The van der Waals surface area contributed by atoms with Gasteiger partial charge in [0, 0.05) is 42.4 Å². The second-order valence-corrected chi connectivity index (χ2v) is 7.62. The quantitative estimate of drug-likeness (QED) is 0.338. The molecule has 0 radical (unpaired) electrons. The monoisotopic (exact) mass is 433 g/mol. The maximum Gasteiger partial charge on any atom is 0.269 e. The number of amides is 1. The van der Waals surface area contributed by atoms with E-state index in [4.69, 9.17) is 15.2 Å². The third-order valence-electron chi connectivity index (χ3n) is 5.51. The van der Waals surface area contributed by atoms with E-state index in [1.807, 2.05) is 30.3 Å². The first-order valence-corrected chi connectivity index (χ1v) is 10.1. The van der Waals surface area contributed by atoms with Gasteiger partial charge in [0.25, 0.3) is 5.69 Å². The number of hydrogen-bond acceptors (Lipinski definition) is 6. The fourth-order valence-electron chi connectivity index (χ4n) is 3.81. The highest BCUT2D eigenvalue weighted by Gasteiger charge is 2.32. The van der Waals surface area contributed by atoms with Gasteiger partial charge in [-0.05, 0) is 53.6 Å². The van der Waals surface area contributed by atoms with E-state index in [1.54, 1.807) is 36.3 Å². The highest BCUT2D eigenvalue weighted by Crippen LogP contribution is 2.37. The highest BCUT2D eigenvalue weighted by molar-refractivity contribution is 5.96. The summed E-state index contributed by atoms with van der Waals surface area (Å²) in [4.78, 5) is 24.8. The van der Waals surface area contributed by atoms with E-state index < -0.39 is 4.92 Å². The molecule has 4 rings (SSSR count). The Morgan fingerprint density at radius 3 is 2.56 bits per heavy atom. The summed E-state index contributed by atoms with van der Waals surface area (Å²) >= 11 is 0. The van der Waals surface area contributed by atoms with E-state index in [1.165, 1.54) is 12.1 Å². The largest absolute Gasteiger partial charge is 0.493 e. The molecule has 32 heavy (non-hydrogen) atoms. The molecule has 1 amide bonds. The molecule has 2 N–H and O–H groups in total. The van der Waals surface area contributed by atoms with Crippen LogP contribution in [0, 0.1) is 10.1 Å². The second-order valence-electron chi connectivity index (χ2n) is 7.62. The maximum atomic E-state index is 12.6. The zero-order chi connectivity index (χ0) is 22.7. The Balaban J connectivity index is 1.50. The van der Waals surface area contributed by atoms with Crippen LogP contribution >= 0.6 is 0 Å². The highest BCUT2D eigenvalue weighted by atomic mass is 16.6. The molecule has 3 aromatic carbocycles. The average molecular weight is 433 g/mol. The van der Waals surface area contributed by atoms with Crippen LogP contribution in [-0.4, -0.2) is 24.5 Å². The first kappa shape index (κ1) is 21.2. The molecule has 164 valence electrons. The molecule has 1 aliphatic rings. The number of nitrogens with zero attached hydrogens (tertiary/aromatic N) is 2. The van der Waals surface area contributed by atoms with Crippen molar-refractivity contribution < 1.29 is 19.2 Å². The van der Waals surface area contributed by atoms with Crippen molar-refractivity contribution in [2.75, 3.05) is 24.3 Å². The second kappa shape index (κ2) is 8.97. The normalized spacial score (nSPS) is 15.6. The van der Waals surface area contributed by atoms with Gasteiger partial charge >= 0.3 is 0 Å². The van der Waals surface area contributed by atoms with E-state index in [-0.39, 0.29) is 24.1 Å². The zero-order valence-electron chi connectivity index (χ0n) is 17.6. The minimum atomic E-state index is -0.437. The first-order chi connectivity index (χ1) is 15.4. The van der Waals surface area contributed by atoms with Gasteiger partial charge in [0.05, 0.1) is 12.0 Å². The van der Waals surface area contributed by atoms with Gasteiger partial charge in [0.1, 0.15) is 6.61 Å². The van der Waals surface area contributed by atoms with Crippen molar-refractivity contribution in [3.63, 3.8) is 0 Å². The third kappa shape index (κ3) is 4.49. The summed E-state index contributed by atoms with van der Waals surface area (Å²) in [6, 6.07) is 19.2. The number of ether oxygens (including phenoxy) is 2. The Kier molecular flexibility index (Phi) is 5.93. The number of hydrogen-bond donors (Lipinski definition) is 1. The van der Waals surface area contributed by atoms with Crippen LogP contribution in [0.3, 0.4) is 0 Å². The number of nitro groups is 1. The van der Waals surface area contributed by atoms with Gasteiger partial charge in [0.2, 0.25) is 5.91 Å². The predicted octanol–water partition coefficient (Wildman–Crippen LogP) is 4.29. The Bertz CT molecular complexity index is 1150. The smallest absolute Gasteiger partial charge is 0.269 e. The number of rotatable bonds is 7. The molecule has 3 aromatic rings. The average Bonchev–Trinajstić information content (AvgIpc) is 3.19. The SMILES string of the molecule is COc1ccc([C@H]2CC(=O)N(c3cccc(N)c3)C2)cc1OCc1ccc([N+](=O)[O-])cc1. The lowest BCUT2D eigenvalue weighted by Crippen LogP contribution is -2.24. The number of methoxy groups -OCH3 is 1. The molecule has 1 atom stereocenters. The molecule has 8 nitrogen and oxygen atoms in total. The van der Waals surface area contributed by atoms with Crippen molar-refractivity contribution in [1.82, 2.24) is 0 Å². The van der Waals surface area contributed by atoms with E-state index in [9.17, 15) is 14.9 Å². The van der Waals surface area contributed by atoms with E-state index in [0.29, 0.717) is 30.2 Å². The number of nitrogens with two attached hydrogens (primary N) is 1. The summed E-state index contributed by atoms with van der Waals surface area (Å²) in [5.74, 6) is 1.19. The molecular weight excluding hydrogens is 410 g/mol. The molecule has 1 aliphatic heterocycles. The number of anilines is 2. The number of benzene rings is 3. The molecule has 0 bridgehead atoms. The van der Waals surface area contributed by atoms with Crippen LogP contribution in [0.15, 0.2) is 66.7 Å². The van der Waals surface area contributed by atoms with Crippen LogP contribution in [0.25, 0.3) is 0 Å². The van der Waals surface area contributed by atoms with Gasteiger partial charge in [-0.15, -0.1) is 0 Å². The topological polar surface area (TPSA) is 108 Å². The van der Waals surface area contributed by atoms with Gasteiger partial charge in [-0.3, -0.25) is 14.9 Å². The van der Waals surface area contributed by atoms with Crippen LogP contribution in [0.5, 0.6) is 11.5 Å². The molecule has 1 fully saturated rings. The number of carbonyl (C=O) groups is 1. The summed E-state index contributed by atoms with van der Waals surface area (Å²) in [5.41, 5.74) is 9.09. The molecule has 1 heterocycles. The molecular formula is C24H23N3O5. The first-order valence-electron chi connectivity index (χ1n) is 10.1. The van der Waals surface area contributed by atoms with Crippen LogP contribution in [-0.2, 0) is 11.4 Å². The Hall–Kier alpha value is -4.07. The molecule has 1 saturated heterocycles. The van der Waals surface area contributed by atoms with Gasteiger partial charge in [0.15, 0.2) is 11.5 Å². The zero-order valence-corrected chi connectivity index (χ0v) is 17.6. The molecule has 0 unspecified atom stereocenters. The fraction of sp³-hybridized carbons (Fsp3) is 0.208. The van der Waals surface area contributed by atoms with E-state index in [0.717, 1.165) is 16.8 Å². The van der Waals surface area contributed by atoms with Gasteiger partial charge in [-0.2, -0.15) is 0 Å². The molecule has 8 heteroatoms. The number of nitrogen functional groups attached to an aromatic ring is 1. The van der Waals surface area contributed by atoms with Crippen molar-refractivity contribution in [2.45, 2.75) is 18.9 Å². The summed E-state index contributed by atoms with van der Waals surface area (Å²) in [5, 5.41) is 10.8. The van der Waals surface area contributed by atoms with Crippen molar-refractivity contribution in [2.24, 2.45) is 0 Å². The van der Waals surface area contributed by atoms with Crippen molar-refractivity contribution in [3.05, 3.63) is 88.0 Å². The lowest BCUT2D eigenvalue weighted by atomic mass is 9.98. The van der Waals surface area contributed by atoms with Crippen molar-refractivity contribution in [3.8, 4) is 11.5 Å². The standard InChI is InChI=1S/C24H23N3O5/c1-31-22-10-7-17(11-23(22)32-15-16-5-8-20(9-6-16)27(29)30)18-12-24(28)26(14-18)21-4-2-3-19(25)13-21/h2-11,13,18H,12,14-15,25H2,1H3/t18-/m0/s1. The van der Waals surface area contributed by atoms with Gasteiger partial charge in [-0.1, -0.05) is 12.1 Å². The third-order valence-corrected chi connectivity index (χ3v) is 5.51. The van der Waals surface area contributed by atoms with Crippen LogP contribution in [0.2, 0.25) is 0 Å². The van der Waals surface area contributed by atoms with Gasteiger partial charge in [-0.25, -0.2) is 0 Å². The summed E-state index contributed by atoms with van der Waals surface area (Å²) in [6.07, 6.45) is 0.392. The Labute approximate surface area is 185 Å². The predicted molar refractivity (Wildman–Crippen MR) is 121 cm³/mol. The van der Waals surface area contributed by atoms with E-state index >= 15 is 0 Å². The van der Waals surface area contributed by atoms with Crippen molar-refractivity contribution in [1.29, 1.82) is 0 Å². The fourth-order valence-corrected chi connectivity index (χ4v) is 3.81. The number of non-ortho nitro benzene ring substituents is 1. The summed E-state index contributed by atoms with van der Waals surface area (Å²) in [6.45, 7) is 0.785. The molecule has 0 saturated carbocycles. The Morgan fingerprint density at radius 2 is 1.88 bits per heavy atom. The minimum absolute atomic E-state index is 0.0107. The molecule has 0 aromatic heterocycles. The lowest BCUT2D eigenvalue weighted by Gasteiger charge is -2.18. The van der Waals surface area contributed by atoms with Crippen LogP contribution in [0.1, 0.15) is 23.5 Å².